The van der Waals surface area contributed by atoms with Gasteiger partial charge in [-0.05, 0) is 30.7 Å². The van der Waals surface area contributed by atoms with Crippen LogP contribution in [-0.4, -0.2) is 35.0 Å². The molecule has 0 aliphatic carbocycles. The monoisotopic (exact) mass is 404 g/mol. The molecule has 0 radical (unpaired) electrons. The highest BCUT2D eigenvalue weighted by Crippen LogP contribution is 2.30. The van der Waals surface area contributed by atoms with Crippen molar-refractivity contribution >= 4 is 17.5 Å². The van der Waals surface area contributed by atoms with Crippen molar-refractivity contribution in [2.24, 2.45) is 7.05 Å². The second-order valence-electron chi connectivity index (χ2n) is 7.24. The molecule has 2 aromatic carbocycles. The van der Waals surface area contributed by atoms with E-state index in [4.69, 9.17) is 4.74 Å². The van der Waals surface area contributed by atoms with Crippen molar-refractivity contribution in [1.29, 1.82) is 0 Å². The first-order valence-corrected chi connectivity index (χ1v) is 9.90. The number of methoxy groups -OCH3 is 1. The van der Waals surface area contributed by atoms with E-state index in [2.05, 4.69) is 10.3 Å². The number of carbonyl (C=O) groups excluding carboxylic acids is 2. The molecular formula is C23H24N4O3. The lowest BCUT2D eigenvalue weighted by Gasteiger charge is -2.22. The summed E-state index contributed by atoms with van der Waals surface area (Å²) in [6.07, 6.45) is 4.92. The molecule has 1 N–H and O–H groups in total. The minimum atomic E-state index is -0.495. The SMILES string of the molecule is COc1ccccc1C(NC(=O)c1cccc(N2CCCC2=O)c1)c1nccn1C. The van der Waals surface area contributed by atoms with Crippen LogP contribution in [0.15, 0.2) is 60.9 Å². The number of nitrogens with zero attached hydrogens (tertiary/aromatic N) is 3. The van der Waals surface area contributed by atoms with E-state index in [0.717, 1.165) is 17.7 Å². The molecule has 1 aliphatic heterocycles. The summed E-state index contributed by atoms with van der Waals surface area (Å²) >= 11 is 0. The number of anilines is 1. The lowest BCUT2D eigenvalue weighted by Crippen LogP contribution is -2.31. The van der Waals surface area contributed by atoms with Crippen molar-refractivity contribution < 1.29 is 14.3 Å². The van der Waals surface area contributed by atoms with Crippen molar-refractivity contribution in [3.8, 4) is 5.75 Å². The van der Waals surface area contributed by atoms with Gasteiger partial charge in [0.25, 0.3) is 5.91 Å². The fourth-order valence-electron chi connectivity index (χ4n) is 3.79. The summed E-state index contributed by atoms with van der Waals surface area (Å²) in [7, 11) is 3.49. The number of carbonyl (C=O) groups is 2. The molecule has 1 atom stereocenters. The Balaban J connectivity index is 1.66. The van der Waals surface area contributed by atoms with E-state index in [9.17, 15) is 9.59 Å². The summed E-state index contributed by atoms with van der Waals surface area (Å²) in [5, 5.41) is 3.09. The lowest BCUT2D eigenvalue weighted by molar-refractivity contribution is -0.117. The Morgan fingerprint density at radius 2 is 2.03 bits per heavy atom. The van der Waals surface area contributed by atoms with Crippen molar-refractivity contribution in [2.45, 2.75) is 18.9 Å². The summed E-state index contributed by atoms with van der Waals surface area (Å²) in [6.45, 7) is 0.682. The molecule has 0 bridgehead atoms. The Morgan fingerprint density at radius 3 is 2.73 bits per heavy atom. The molecule has 1 fully saturated rings. The van der Waals surface area contributed by atoms with E-state index in [1.165, 1.54) is 0 Å². The van der Waals surface area contributed by atoms with Gasteiger partial charge in [0, 0.05) is 49.2 Å². The van der Waals surface area contributed by atoms with Crippen LogP contribution >= 0.6 is 0 Å². The van der Waals surface area contributed by atoms with Gasteiger partial charge in [-0.15, -0.1) is 0 Å². The molecule has 1 aliphatic rings. The Labute approximate surface area is 175 Å². The van der Waals surface area contributed by atoms with Crippen molar-refractivity contribution in [1.82, 2.24) is 14.9 Å². The summed E-state index contributed by atoms with van der Waals surface area (Å²) < 4.78 is 7.39. The zero-order chi connectivity index (χ0) is 21.1. The number of hydrogen-bond donors (Lipinski definition) is 1. The van der Waals surface area contributed by atoms with E-state index in [1.54, 1.807) is 36.4 Å². The average molecular weight is 404 g/mol. The normalized spacial score (nSPS) is 14.6. The highest BCUT2D eigenvalue weighted by atomic mass is 16.5. The molecule has 2 heterocycles. The standard InChI is InChI=1S/C23H24N4O3/c1-26-14-12-24-22(26)21(18-9-3-4-10-19(18)30-2)25-23(29)16-7-5-8-17(15-16)27-13-6-11-20(27)28/h3-5,7-10,12,14-15,21H,6,11,13H2,1-2H3,(H,25,29). The van der Waals surface area contributed by atoms with E-state index < -0.39 is 6.04 Å². The molecule has 3 aromatic rings. The molecular weight excluding hydrogens is 380 g/mol. The average Bonchev–Trinajstić information content (AvgIpc) is 3.40. The van der Waals surface area contributed by atoms with E-state index in [0.29, 0.717) is 30.1 Å². The van der Waals surface area contributed by atoms with Crippen molar-refractivity contribution in [3.05, 3.63) is 77.9 Å². The number of ether oxygens (including phenoxy) is 1. The van der Waals surface area contributed by atoms with Crippen LogP contribution in [0.25, 0.3) is 0 Å². The molecule has 1 saturated heterocycles. The number of rotatable bonds is 6. The van der Waals surface area contributed by atoms with E-state index in [-0.39, 0.29) is 11.8 Å². The maximum atomic E-state index is 13.2. The molecule has 154 valence electrons. The fraction of sp³-hybridized carbons (Fsp3) is 0.261. The first-order chi connectivity index (χ1) is 14.6. The number of hydrogen-bond acceptors (Lipinski definition) is 4. The molecule has 7 heteroatoms. The number of benzene rings is 2. The van der Waals surface area contributed by atoms with Crippen LogP contribution in [0, 0.1) is 0 Å². The van der Waals surface area contributed by atoms with E-state index in [1.807, 2.05) is 48.1 Å². The topological polar surface area (TPSA) is 76.5 Å². The zero-order valence-electron chi connectivity index (χ0n) is 17.0. The van der Waals surface area contributed by atoms with Gasteiger partial charge in [-0.3, -0.25) is 9.59 Å². The quantitative estimate of drug-likeness (QED) is 0.685. The molecule has 30 heavy (non-hydrogen) atoms. The van der Waals surface area contributed by atoms with Gasteiger partial charge in [-0.25, -0.2) is 4.98 Å². The first-order valence-electron chi connectivity index (χ1n) is 9.90. The minimum Gasteiger partial charge on any atom is -0.496 e. The number of amides is 2. The van der Waals surface area contributed by atoms with Gasteiger partial charge in [0.1, 0.15) is 17.6 Å². The third-order valence-corrected chi connectivity index (χ3v) is 5.34. The third-order valence-electron chi connectivity index (χ3n) is 5.34. The molecule has 1 unspecified atom stereocenters. The van der Waals surface area contributed by atoms with Crippen LogP contribution in [-0.2, 0) is 11.8 Å². The predicted molar refractivity (Wildman–Crippen MR) is 114 cm³/mol. The first kappa shape index (κ1) is 19.7. The Bertz CT molecular complexity index is 1080. The van der Waals surface area contributed by atoms with E-state index >= 15 is 0 Å². The molecule has 1 aromatic heterocycles. The van der Waals surface area contributed by atoms with Crippen molar-refractivity contribution in [3.63, 3.8) is 0 Å². The summed E-state index contributed by atoms with van der Waals surface area (Å²) in [5.41, 5.74) is 2.05. The van der Waals surface area contributed by atoms with Gasteiger partial charge < -0.3 is 19.5 Å². The summed E-state index contributed by atoms with van der Waals surface area (Å²) in [5.74, 6) is 1.20. The zero-order valence-corrected chi connectivity index (χ0v) is 17.0. The molecule has 0 saturated carbocycles. The van der Waals surface area contributed by atoms with Gasteiger partial charge in [0.15, 0.2) is 0 Å². The maximum absolute atomic E-state index is 13.2. The number of para-hydroxylation sites is 1. The Kier molecular flexibility index (Phi) is 5.52. The van der Waals surface area contributed by atoms with Crippen molar-refractivity contribution in [2.75, 3.05) is 18.6 Å². The number of aromatic nitrogens is 2. The number of nitrogens with one attached hydrogen (secondary N) is 1. The molecule has 0 spiro atoms. The Hall–Kier alpha value is -3.61. The van der Waals surface area contributed by atoms with Crippen LogP contribution in [0.5, 0.6) is 5.75 Å². The smallest absolute Gasteiger partial charge is 0.252 e. The molecule has 2 amide bonds. The Morgan fingerprint density at radius 1 is 1.20 bits per heavy atom. The third kappa shape index (κ3) is 3.78. The highest BCUT2D eigenvalue weighted by molar-refractivity contribution is 5.99. The maximum Gasteiger partial charge on any atom is 0.252 e. The predicted octanol–water partition coefficient (Wildman–Crippen LogP) is 3.07. The molecule has 4 rings (SSSR count). The van der Waals surface area contributed by atoms with Gasteiger partial charge in [0.05, 0.1) is 7.11 Å². The second kappa shape index (κ2) is 8.41. The van der Waals surface area contributed by atoms with Crippen LogP contribution in [0.2, 0.25) is 0 Å². The fourth-order valence-corrected chi connectivity index (χ4v) is 3.79. The summed E-state index contributed by atoms with van der Waals surface area (Å²) in [4.78, 5) is 31.4. The largest absolute Gasteiger partial charge is 0.496 e. The van der Waals surface area contributed by atoms with Gasteiger partial charge in [-0.2, -0.15) is 0 Å². The highest BCUT2D eigenvalue weighted by Gasteiger charge is 2.26. The number of aryl methyl sites for hydroxylation is 1. The van der Waals surface area contributed by atoms with Crippen LogP contribution in [0.1, 0.15) is 40.6 Å². The van der Waals surface area contributed by atoms with Gasteiger partial charge in [0.2, 0.25) is 5.91 Å². The van der Waals surface area contributed by atoms with Gasteiger partial charge in [-0.1, -0.05) is 24.3 Å². The van der Waals surface area contributed by atoms with Crippen LogP contribution in [0.4, 0.5) is 5.69 Å². The van der Waals surface area contributed by atoms with Crippen LogP contribution < -0.4 is 15.0 Å². The minimum absolute atomic E-state index is 0.0902. The van der Waals surface area contributed by atoms with Crippen LogP contribution in [0.3, 0.4) is 0 Å². The summed E-state index contributed by atoms with van der Waals surface area (Å²) in [6, 6.07) is 14.2. The second-order valence-corrected chi connectivity index (χ2v) is 7.24. The van der Waals surface area contributed by atoms with Gasteiger partial charge >= 0.3 is 0 Å². The lowest BCUT2D eigenvalue weighted by atomic mass is 10.0. The number of imidazole rings is 1. The molecule has 7 nitrogen and oxygen atoms in total.